The Balaban J connectivity index is 1.87. The van der Waals surface area contributed by atoms with Crippen molar-refractivity contribution in [3.8, 4) is 0 Å². The number of rotatable bonds is 3. The molecule has 1 N–H and O–H groups in total. The smallest absolute Gasteiger partial charge is 0.410 e. The van der Waals surface area contributed by atoms with Gasteiger partial charge in [0.05, 0.1) is 0 Å². The molecule has 1 amide bonds. The molecule has 0 aromatic heterocycles. The molecule has 0 bridgehead atoms. The summed E-state index contributed by atoms with van der Waals surface area (Å²) in [4.78, 5) is 13.8. The molecule has 1 saturated heterocycles. The van der Waals surface area contributed by atoms with Gasteiger partial charge in [-0.1, -0.05) is 23.7 Å². The van der Waals surface area contributed by atoms with E-state index < -0.39 is 5.60 Å². The van der Waals surface area contributed by atoms with E-state index in [0.29, 0.717) is 6.54 Å². The van der Waals surface area contributed by atoms with E-state index in [-0.39, 0.29) is 18.2 Å². The SMILES string of the molecule is C[C@@H](NC1CCN(C(=O)OC(C)(C)C)C1)c1cccc(Cl)c1. The molecular formula is C17H25ClN2O2. The number of likely N-dealkylation sites (tertiary alicyclic amines) is 1. The summed E-state index contributed by atoms with van der Waals surface area (Å²) in [5.74, 6) is 0. The molecule has 4 nitrogen and oxygen atoms in total. The van der Waals surface area contributed by atoms with Crippen LogP contribution in [0.3, 0.4) is 0 Å². The summed E-state index contributed by atoms with van der Waals surface area (Å²) in [7, 11) is 0. The zero-order valence-corrected chi connectivity index (χ0v) is 14.5. The second-order valence-corrected chi connectivity index (χ2v) is 7.29. The monoisotopic (exact) mass is 324 g/mol. The van der Waals surface area contributed by atoms with Gasteiger partial charge in [0.25, 0.3) is 0 Å². The molecule has 0 radical (unpaired) electrons. The van der Waals surface area contributed by atoms with Crippen molar-refractivity contribution in [2.75, 3.05) is 13.1 Å². The molecule has 5 heteroatoms. The van der Waals surface area contributed by atoms with Crippen molar-refractivity contribution in [1.29, 1.82) is 0 Å². The minimum atomic E-state index is -0.448. The summed E-state index contributed by atoms with van der Waals surface area (Å²) in [6.45, 7) is 9.18. The normalized spacial score (nSPS) is 20.0. The highest BCUT2D eigenvalue weighted by molar-refractivity contribution is 6.30. The van der Waals surface area contributed by atoms with Gasteiger partial charge < -0.3 is 15.0 Å². The molecule has 0 spiro atoms. The number of benzene rings is 1. The van der Waals surface area contributed by atoms with Gasteiger partial charge in [-0.25, -0.2) is 4.79 Å². The number of amides is 1. The fourth-order valence-electron chi connectivity index (χ4n) is 2.61. The standard InChI is InChI=1S/C17H25ClN2O2/c1-12(13-6-5-7-14(18)10-13)19-15-8-9-20(11-15)16(21)22-17(2,3)4/h5-7,10,12,15,19H,8-9,11H2,1-4H3/t12-,15?/m1/s1. The zero-order chi connectivity index (χ0) is 16.3. The largest absolute Gasteiger partial charge is 0.444 e. The van der Waals surface area contributed by atoms with Crippen LogP contribution in [0.5, 0.6) is 0 Å². The molecule has 122 valence electrons. The topological polar surface area (TPSA) is 41.6 Å². The van der Waals surface area contributed by atoms with Crippen LogP contribution < -0.4 is 5.32 Å². The van der Waals surface area contributed by atoms with E-state index in [1.165, 1.54) is 0 Å². The number of ether oxygens (including phenoxy) is 1. The van der Waals surface area contributed by atoms with Crippen molar-refractivity contribution in [2.24, 2.45) is 0 Å². The molecule has 2 atom stereocenters. The van der Waals surface area contributed by atoms with E-state index in [1.54, 1.807) is 4.90 Å². The average Bonchev–Trinajstić information content (AvgIpc) is 2.85. The van der Waals surface area contributed by atoms with Gasteiger partial charge in [0.2, 0.25) is 0 Å². The Kier molecular flexibility index (Phi) is 5.35. The van der Waals surface area contributed by atoms with Crippen molar-refractivity contribution in [3.63, 3.8) is 0 Å². The third-order valence-corrected chi connectivity index (χ3v) is 3.91. The Hall–Kier alpha value is -1.26. The summed E-state index contributed by atoms with van der Waals surface area (Å²) in [5, 5.41) is 4.31. The highest BCUT2D eigenvalue weighted by atomic mass is 35.5. The van der Waals surface area contributed by atoms with Crippen molar-refractivity contribution < 1.29 is 9.53 Å². The highest BCUT2D eigenvalue weighted by Crippen LogP contribution is 2.21. The maximum atomic E-state index is 12.1. The van der Waals surface area contributed by atoms with Crippen molar-refractivity contribution in [3.05, 3.63) is 34.9 Å². The van der Waals surface area contributed by atoms with Crippen LogP contribution in [0.15, 0.2) is 24.3 Å². The van der Waals surface area contributed by atoms with Crippen LogP contribution in [0.4, 0.5) is 4.79 Å². The molecule has 0 aliphatic carbocycles. The molecule has 1 aromatic rings. The van der Waals surface area contributed by atoms with E-state index in [2.05, 4.69) is 18.3 Å². The van der Waals surface area contributed by atoms with Gasteiger partial charge in [0.15, 0.2) is 0 Å². The predicted octanol–water partition coefficient (Wildman–Crippen LogP) is 4.00. The second-order valence-electron chi connectivity index (χ2n) is 6.86. The first-order valence-electron chi connectivity index (χ1n) is 7.74. The Morgan fingerprint density at radius 1 is 1.45 bits per heavy atom. The van der Waals surface area contributed by atoms with Crippen LogP contribution in [0.25, 0.3) is 0 Å². The predicted molar refractivity (Wildman–Crippen MR) is 89.2 cm³/mol. The second kappa shape index (κ2) is 6.88. The molecule has 1 fully saturated rings. The number of hydrogen-bond donors (Lipinski definition) is 1. The summed E-state index contributed by atoms with van der Waals surface area (Å²) in [5.41, 5.74) is 0.708. The molecule has 2 rings (SSSR count). The minimum Gasteiger partial charge on any atom is -0.444 e. The fourth-order valence-corrected chi connectivity index (χ4v) is 2.81. The zero-order valence-electron chi connectivity index (χ0n) is 13.7. The van der Waals surface area contributed by atoms with Crippen LogP contribution in [0.1, 0.15) is 45.7 Å². The van der Waals surface area contributed by atoms with Crippen molar-refractivity contribution in [2.45, 2.75) is 51.8 Å². The van der Waals surface area contributed by atoms with Crippen molar-refractivity contribution in [1.82, 2.24) is 10.2 Å². The van der Waals surface area contributed by atoms with Crippen molar-refractivity contribution >= 4 is 17.7 Å². The number of hydrogen-bond acceptors (Lipinski definition) is 3. The number of carbonyl (C=O) groups excluding carboxylic acids is 1. The van der Waals surface area contributed by atoms with Gasteiger partial charge in [-0.3, -0.25) is 0 Å². The number of halogens is 1. The molecule has 1 aliphatic rings. The number of nitrogens with zero attached hydrogens (tertiary/aromatic N) is 1. The van der Waals surface area contributed by atoms with Gasteiger partial charge in [-0.15, -0.1) is 0 Å². The summed E-state index contributed by atoms with van der Waals surface area (Å²) < 4.78 is 5.42. The van der Waals surface area contributed by atoms with Crippen LogP contribution >= 0.6 is 11.6 Å². The average molecular weight is 325 g/mol. The summed E-state index contributed by atoms with van der Waals surface area (Å²) in [6, 6.07) is 8.34. The van der Waals surface area contributed by atoms with E-state index in [0.717, 1.165) is 23.6 Å². The van der Waals surface area contributed by atoms with Crippen LogP contribution in [0, 0.1) is 0 Å². The lowest BCUT2D eigenvalue weighted by molar-refractivity contribution is 0.0290. The van der Waals surface area contributed by atoms with Gasteiger partial charge in [0, 0.05) is 30.2 Å². The highest BCUT2D eigenvalue weighted by Gasteiger charge is 2.30. The molecule has 1 aromatic carbocycles. The summed E-state index contributed by atoms with van der Waals surface area (Å²) in [6.07, 6.45) is 0.705. The molecule has 22 heavy (non-hydrogen) atoms. The van der Waals surface area contributed by atoms with Gasteiger partial charge >= 0.3 is 6.09 Å². The molecule has 1 aliphatic heterocycles. The van der Waals surface area contributed by atoms with Crippen LogP contribution in [-0.2, 0) is 4.74 Å². The molecular weight excluding hydrogens is 300 g/mol. The van der Waals surface area contributed by atoms with Gasteiger partial charge in [-0.05, 0) is 51.8 Å². The number of carbonyl (C=O) groups is 1. The van der Waals surface area contributed by atoms with E-state index in [1.807, 2.05) is 39.0 Å². The molecule has 1 heterocycles. The first-order chi connectivity index (χ1) is 10.2. The first kappa shape index (κ1) is 17.1. The third kappa shape index (κ3) is 4.89. The maximum absolute atomic E-state index is 12.1. The number of nitrogens with one attached hydrogen (secondary N) is 1. The van der Waals surface area contributed by atoms with Crippen LogP contribution in [0.2, 0.25) is 5.02 Å². The Labute approximate surface area is 137 Å². The third-order valence-electron chi connectivity index (χ3n) is 3.67. The Bertz CT molecular complexity index is 528. The molecule has 0 saturated carbocycles. The van der Waals surface area contributed by atoms with Gasteiger partial charge in [0.1, 0.15) is 5.60 Å². The fraction of sp³-hybridized carbons (Fsp3) is 0.588. The first-order valence-corrected chi connectivity index (χ1v) is 8.12. The lowest BCUT2D eigenvalue weighted by atomic mass is 10.1. The van der Waals surface area contributed by atoms with E-state index in [4.69, 9.17) is 16.3 Å². The van der Waals surface area contributed by atoms with E-state index >= 15 is 0 Å². The lowest BCUT2D eigenvalue weighted by Crippen LogP contribution is -2.39. The van der Waals surface area contributed by atoms with Gasteiger partial charge in [-0.2, -0.15) is 0 Å². The Morgan fingerprint density at radius 3 is 2.82 bits per heavy atom. The quantitative estimate of drug-likeness (QED) is 0.913. The lowest BCUT2D eigenvalue weighted by Gasteiger charge is -2.25. The Morgan fingerprint density at radius 2 is 2.18 bits per heavy atom. The molecule has 1 unspecified atom stereocenters. The maximum Gasteiger partial charge on any atom is 0.410 e. The summed E-state index contributed by atoms with van der Waals surface area (Å²) >= 11 is 6.03. The van der Waals surface area contributed by atoms with E-state index in [9.17, 15) is 4.79 Å². The minimum absolute atomic E-state index is 0.197. The van der Waals surface area contributed by atoms with Crippen LogP contribution in [-0.4, -0.2) is 35.7 Å².